The van der Waals surface area contributed by atoms with Crippen LogP contribution >= 0.6 is 27.3 Å². The second-order valence-electron chi connectivity index (χ2n) is 5.74. The summed E-state index contributed by atoms with van der Waals surface area (Å²) in [5.41, 5.74) is -0.209. The number of carbonyl (C=O) groups is 1. The monoisotopic (exact) mass is 445 g/mol. The highest BCUT2D eigenvalue weighted by Gasteiger charge is 2.23. The molecule has 0 aliphatic carbocycles. The van der Waals surface area contributed by atoms with Crippen LogP contribution in [0.25, 0.3) is 15.9 Å². The summed E-state index contributed by atoms with van der Waals surface area (Å²) in [6, 6.07) is 14.8. The highest BCUT2D eigenvalue weighted by Crippen LogP contribution is 2.37. The predicted molar refractivity (Wildman–Crippen MR) is 105 cm³/mol. The van der Waals surface area contributed by atoms with E-state index >= 15 is 0 Å². The number of ketones is 1. The van der Waals surface area contributed by atoms with E-state index in [4.69, 9.17) is 0 Å². The molecular formula is C20H10BrF2NO2S. The largest absolute Gasteiger partial charge is 0.289 e. The number of rotatable bonds is 3. The fourth-order valence-corrected chi connectivity index (χ4v) is 4.79. The number of halogens is 3. The van der Waals surface area contributed by atoms with E-state index in [0.717, 1.165) is 28.0 Å². The van der Waals surface area contributed by atoms with Crippen LogP contribution in [0.15, 0.2) is 69.2 Å². The third-order valence-corrected chi connectivity index (χ3v) is 5.98. The molecule has 0 saturated heterocycles. The standard InChI is InChI=1S/C20H10BrF2NO2S/c21-19-16(18(26)11-5-2-1-3-6-11)12-9-10-15(25)24(20(12)27-19)17-13(22)7-4-8-14(17)23/h1-10H. The summed E-state index contributed by atoms with van der Waals surface area (Å²) >= 11 is 4.45. The zero-order valence-corrected chi connectivity index (χ0v) is 16.0. The maximum Gasteiger partial charge on any atom is 0.256 e. The van der Waals surface area contributed by atoms with Gasteiger partial charge in [0.25, 0.3) is 5.56 Å². The Bertz CT molecular complexity index is 1230. The van der Waals surface area contributed by atoms with Gasteiger partial charge in [0.15, 0.2) is 5.78 Å². The Labute approximate surface area is 164 Å². The highest BCUT2D eigenvalue weighted by molar-refractivity contribution is 9.11. The lowest BCUT2D eigenvalue weighted by Gasteiger charge is -2.09. The molecule has 0 aliphatic heterocycles. The molecule has 0 saturated carbocycles. The van der Waals surface area contributed by atoms with Gasteiger partial charge in [0.1, 0.15) is 22.2 Å². The van der Waals surface area contributed by atoms with Gasteiger partial charge in [0.2, 0.25) is 0 Å². The number of para-hydroxylation sites is 1. The molecule has 2 aromatic heterocycles. The van der Waals surface area contributed by atoms with E-state index < -0.39 is 22.9 Å². The van der Waals surface area contributed by atoms with Crippen LogP contribution in [0, 0.1) is 11.6 Å². The number of fused-ring (bicyclic) bond motifs is 1. The van der Waals surface area contributed by atoms with E-state index in [1.807, 2.05) is 0 Å². The first kappa shape index (κ1) is 17.8. The number of hydrogen-bond donors (Lipinski definition) is 0. The third kappa shape index (κ3) is 2.93. The molecule has 7 heteroatoms. The van der Waals surface area contributed by atoms with Crippen molar-refractivity contribution in [2.45, 2.75) is 0 Å². The van der Waals surface area contributed by atoms with E-state index in [1.54, 1.807) is 30.3 Å². The summed E-state index contributed by atoms with van der Waals surface area (Å²) < 4.78 is 30.1. The summed E-state index contributed by atoms with van der Waals surface area (Å²) in [5.74, 6) is -1.96. The van der Waals surface area contributed by atoms with Gasteiger partial charge in [-0.25, -0.2) is 8.78 Å². The number of pyridine rings is 1. The lowest BCUT2D eigenvalue weighted by molar-refractivity contribution is 0.104. The lowest BCUT2D eigenvalue weighted by atomic mass is 10.0. The Balaban J connectivity index is 2.04. The fourth-order valence-electron chi connectivity index (χ4n) is 2.91. The van der Waals surface area contributed by atoms with Gasteiger partial charge in [-0.15, -0.1) is 11.3 Å². The van der Waals surface area contributed by atoms with Crippen LogP contribution in [0.2, 0.25) is 0 Å². The molecule has 0 atom stereocenters. The molecule has 0 spiro atoms. The van der Waals surface area contributed by atoms with E-state index in [-0.39, 0.29) is 10.6 Å². The van der Waals surface area contributed by atoms with Gasteiger partial charge in [0.05, 0.1) is 9.35 Å². The first-order chi connectivity index (χ1) is 13.0. The van der Waals surface area contributed by atoms with Crippen LogP contribution in [-0.2, 0) is 0 Å². The molecule has 0 amide bonds. The van der Waals surface area contributed by atoms with E-state index in [2.05, 4.69) is 15.9 Å². The Kier molecular flexibility index (Phi) is 4.49. The van der Waals surface area contributed by atoms with E-state index in [1.165, 1.54) is 18.2 Å². The SMILES string of the molecule is O=C(c1ccccc1)c1c(Br)sc2c1ccc(=O)n2-c1c(F)cccc1F. The number of nitrogens with zero attached hydrogens (tertiary/aromatic N) is 1. The normalized spacial score (nSPS) is 11.1. The van der Waals surface area contributed by atoms with E-state index in [0.29, 0.717) is 20.3 Å². The zero-order chi connectivity index (χ0) is 19.1. The predicted octanol–water partition coefficient (Wildman–Crippen LogP) is 5.32. The molecule has 3 nitrogen and oxygen atoms in total. The Hall–Kier alpha value is -2.64. The number of hydrogen-bond acceptors (Lipinski definition) is 3. The van der Waals surface area contributed by atoms with Crippen LogP contribution in [0.5, 0.6) is 0 Å². The minimum Gasteiger partial charge on any atom is -0.289 e. The van der Waals surface area contributed by atoms with Crippen molar-refractivity contribution in [3.05, 3.63) is 97.6 Å². The summed E-state index contributed by atoms with van der Waals surface area (Å²) in [6.07, 6.45) is 0. The quantitative estimate of drug-likeness (QED) is 0.400. The number of aromatic nitrogens is 1. The van der Waals surface area contributed by atoms with E-state index in [9.17, 15) is 18.4 Å². The van der Waals surface area contributed by atoms with Crippen molar-refractivity contribution in [1.82, 2.24) is 4.57 Å². The van der Waals surface area contributed by atoms with Crippen molar-refractivity contribution in [1.29, 1.82) is 0 Å². The fraction of sp³-hybridized carbons (Fsp3) is 0. The van der Waals surface area contributed by atoms with Gasteiger partial charge in [-0.2, -0.15) is 0 Å². The molecule has 4 aromatic rings. The van der Waals surface area contributed by atoms with Crippen molar-refractivity contribution in [3.8, 4) is 5.69 Å². The average Bonchev–Trinajstić information content (AvgIpc) is 2.99. The van der Waals surface area contributed by atoms with Crippen molar-refractivity contribution in [2.75, 3.05) is 0 Å². The highest BCUT2D eigenvalue weighted by atomic mass is 79.9. The van der Waals surface area contributed by atoms with Gasteiger partial charge in [-0.3, -0.25) is 14.2 Å². The maximum absolute atomic E-state index is 14.3. The van der Waals surface area contributed by atoms with Crippen LogP contribution in [0.4, 0.5) is 8.78 Å². The maximum atomic E-state index is 14.3. The van der Waals surface area contributed by atoms with Crippen molar-refractivity contribution >= 4 is 43.3 Å². The minimum absolute atomic E-state index is 0.243. The Morgan fingerprint density at radius 3 is 2.26 bits per heavy atom. The summed E-state index contributed by atoms with van der Waals surface area (Å²) in [6.45, 7) is 0. The molecule has 134 valence electrons. The number of thiophene rings is 1. The van der Waals surface area contributed by atoms with Crippen LogP contribution < -0.4 is 5.56 Å². The summed E-state index contributed by atoms with van der Waals surface area (Å²) in [4.78, 5) is 25.7. The van der Waals surface area contributed by atoms with Crippen molar-refractivity contribution < 1.29 is 13.6 Å². The van der Waals surface area contributed by atoms with Crippen LogP contribution in [-0.4, -0.2) is 10.4 Å². The average molecular weight is 446 g/mol. The molecule has 0 fully saturated rings. The van der Waals surface area contributed by atoms with Crippen molar-refractivity contribution in [3.63, 3.8) is 0 Å². The Morgan fingerprint density at radius 2 is 1.59 bits per heavy atom. The number of benzene rings is 2. The Morgan fingerprint density at radius 1 is 0.926 bits per heavy atom. The van der Waals surface area contributed by atoms with Gasteiger partial charge in [-0.05, 0) is 34.1 Å². The van der Waals surface area contributed by atoms with Gasteiger partial charge >= 0.3 is 0 Å². The molecule has 0 bridgehead atoms. The van der Waals surface area contributed by atoms with Gasteiger partial charge in [0, 0.05) is 17.0 Å². The molecule has 0 aliphatic rings. The van der Waals surface area contributed by atoms with Crippen molar-refractivity contribution in [2.24, 2.45) is 0 Å². The third-order valence-electron chi connectivity index (χ3n) is 4.12. The smallest absolute Gasteiger partial charge is 0.256 e. The van der Waals surface area contributed by atoms with Crippen LogP contribution in [0.1, 0.15) is 15.9 Å². The molecule has 0 N–H and O–H groups in total. The summed E-state index contributed by atoms with van der Waals surface area (Å²) in [5, 5.41) is 0.447. The molecule has 4 rings (SSSR count). The van der Waals surface area contributed by atoms with Crippen LogP contribution in [0.3, 0.4) is 0 Å². The second kappa shape index (κ2) is 6.83. The van der Waals surface area contributed by atoms with Gasteiger partial charge in [-0.1, -0.05) is 36.4 Å². The van der Waals surface area contributed by atoms with Gasteiger partial charge < -0.3 is 0 Å². The topological polar surface area (TPSA) is 39.1 Å². The molecule has 2 heterocycles. The lowest BCUT2D eigenvalue weighted by Crippen LogP contribution is -2.19. The minimum atomic E-state index is -0.856. The summed E-state index contributed by atoms with van der Waals surface area (Å²) in [7, 11) is 0. The molecule has 0 unspecified atom stereocenters. The second-order valence-corrected chi connectivity index (χ2v) is 8.06. The molecule has 0 radical (unpaired) electrons. The molecule has 2 aromatic carbocycles. The number of carbonyl (C=O) groups excluding carboxylic acids is 1. The first-order valence-corrected chi connectivity index (χ1v) is 9.48. The molecular weight excluding hydrogens is 436 g/mol. The zero-order valence-electron chi connectivity index (χ0n) is 13.6. The first-order valence-electron chi connectivity index (χ1n) is 7.87. The molecule has 27 heavy (non-hydrogen) atoms.